The molecule has 0 unspecified atom stereocenters. The number of hydrogen-bond donors (Lipinski definition) is 1. The zero-order valence-electron chi connectivity index (χ0n) is 12.6. The van der Waals surface area contributed by atoms with Crippen molar-refractivity contribution >= 4 is 11.4 Å². The second-order valence-electron chi connectivity index (χ2n) is 4.75. The Kier molecular flexibility index (Phi) is 4.81. The van der Waals surface area contributed by atoms with Crippen molar-refractivity contribution in [2.24, 2.45) is 0 Å². The number of methoxy groups -OCH3 is 1. The van der Waals surface area contributed by atoms with Crippen molar-refractivity contribution < 1.29 is 4.74 Å². The molecule has 0 saturated carbocycles. The van der Waals surface area contributed by atoms with E-state index in [9.17, 15) is 5.26 Å². The Bertz CT molecular complexity index is 661. The molecule has 2 rings (SSSR count). The van der Waals surface area contributed by atoms with Gasteiger partial charge in [-0.05, 0) is 36.9 Å². The molecule has 4 nitrogen and oxygen atoms in total. The molecule has 0 fully saturated rings. The summed E-state index contributed by atoms with van der Waals surface area (Å²) in [6.07, 6.45) is 0. The van der Waals surface area contributed by atoms with E-state index in [1.165, 1.54) is 0 Å². The molecule has 108 valence electrons. The number of benzene rings is 2. The van der Waals surface area contributed by atoms with Crippen LogP contribution in [0.4, 0.5) is 11.4 Å². The van der Waals surface area contributed by atoms with E-state index in [-0.39, 0.29) is 0 Å². The molecule has 0 aliphatic rings. The molecule has 2 aromatic carbocycles. The van der Waals surface area contributed by atoms with Gasteiger partial charge in [-0.25, -0.2) is 0 Å². The summed E-state index contributed by atoms with van der Waals surface area (Å²) in [5, 5.41) is 12.5. The van der Waals surface area contributed by atoms with Crippen molar-refractivity contribution in [3.63, 3.8) is 0 Å². The van der Waals surface area contributed by atoms with E-state index in [0.29, 0.717) is 5.56 Å². The maximum Gasteiger partial charge on any atom is 0.120 e. The number of hydrogen-bond acceptors (Lipinski definition) is 4. The summed E-state index contributed by atoms with van der Waals surface area (Å²) >= 11 is 0. The third-order valence-electron chi connectivity index (χ3n) is 3.36. The maximum absolute atomic E-state index is 9.39. The molecule has 0 aromatic heterocycles. The minimum absolute atomic E-state index is 0.660. The van der Waals surface area contributed by atoms with Gasteiger partial charge < -0.3 is 15.0 Å². The zero-order valence-corrected chi connectivity index (χ0v) is 12.6. The highest BCUT2D eigenvalue weighted by Gasteiger charge is 2.10. The van der Waals surface area contributed by atoms with Crippen LogP contribution in [0.15, 0.2) is 42.5 Å². The summed E-state index contributed by atoms with van der Waals surface area (Å²) in [6.45, 7) is 0.748. The molecular weight excluding hydrogens is 262 g/mol. The SMILES string of the molecule is CNCc1ccc(N(C)c2cccc(OC)c2)c(C#N)c1. The van der Waals surface area contributed by atoms with E-state index >= 15 is 0 Å². The molecule has 0 heterocycles. The normalized spacial score (nSPS) is 10.0. The highest BCUT2D eigenvalue weighted by atomic mass is 16.5. The highest BCUT2D eigenvalue weighted by Crippen LogP contribution is 2.29. The second-order valence-corrected chi connectivity index (χ2v) is 4.75. The first-order chi connectivity index (χ1) is 10.2. The Hall–Kier alpha value is -2.51. The molecule has 0 aliphatic heterocycles. The summed E-state index contributed by atoms with van der Waals surface area (Å²) in [7, 11) is 5.48. The molecule has 0 saturated heterocycles. The quantitative estimate of drug-likeness (QED) is 0.915. The van der Waals surface area contributed by atoms with Crippen LogP contribution in [0.1, 0.15) is 11.1 Å². The molecule has 0 bridgehead atoms. The van der Waals surface area contributed by atoms with Gasteiger partial charge in [-0.2, -0.15) is 5.26 Å². The standard InChI is InChI=1S/C17H19N3O/c1-19-12-13-7-8-17(14(9-13)11-18)20(2)15-5-4-6-16(10-15)21-3/h4-10,19H,12H2,1-3H3. The van der Waals surface area contributed by atoms with Crippen molar-refractivity contribution in [2.45, 2.75) is 6.54 Å². The van der Waals surface area contributed by atoms with Crippen LogP contribution in [0.25, 0.3) is 0 Å². The van der Waals surface area contributed by atoms with E-state index in [1.54, 1.807) is 7.11 Å². The lowest BCUT2D eigenvalue weighted by molar-refractivity contribution is 0.415. The van der Waals surface area contributed by atoms with E-state index in [0.717, 1.165) is 29.2 Å². The summed E-state index contributed by atoms with van der Waals surface area (Å²) < 4.78 is 5.25. The average Bonchev–Trinajstić information content (AvgIpc) is 2.54. The van der Waals surface area contributed by atoms with Crippen LogP contribution in [-0.2, 0) is 6.54 Å². The van der Waals surface area contributed by atoms with Crippen LogP contribution in [0.5, 0.6) is 5.75 Å². The topological polar surface area (TPSA) is 48.3 Å². The predicted octanol–water partition coefficient (Wildman–Crippen LogP) is 3.05. The molecule has 0 atom stereocenters. The maximum atomic E-state index is 9.39. The van der Waals surface area contributed by atoms with Gasteiger partial charge in [0.1, 0.15) is 11.8 Å². The van der Waals surface area contributed by atoms with Crippen LogP contribution in [0.2, 0.25) is 0 Å². The largest absolute Gasteiger partial charge is 0.497 e. The third kappa shape index (κ3) is 3.33. The van der Waals surface area contributed by atoms with Crippen molar-refractivity contribution in [2.75, 3.05) is 26.1 Å². The monoisotopic (exact) mass is 281 g/mol. The molecule has 2 aromatic rings. The Morgan fingerprint density at radius 2 is 2.05 bits per heavy atom. The molecular formula is C17H19N3O. The van der Waals surface area contributed by atoms with Gasteiger partial charge in [-0.1, -0.05) is 12.1 Å². The van der Waals surface area contributed by atoms with Crippen LogP contribution in [0, 0.1) is 11.3 Å². The Morgan fingerprint density at radius 3 is 2.71 bits per heavy atom. The fraction of sp³-hybridized carbons (Fsp3) is 0.235. The van der Waals surface area contributed by atoms with Crippen LogP contribution >= 0.6 is 0 Å². The number of nitrogens with one attached hydrogen (secondary N) is 1. The van der Waals surface area contributed by atoms with Crippen molar-refractivity contribution in [1.82, 2.24) is 5.32 Å². The van der Waals surface area contributed by atoms with Gasteiger partial charge in [-0.3, -0.25) is 0 Å². The van der Waals surface area contributed by atoms with Gasteiger partial charge in [0.2, 0.25) is 0 Å². The number of nitriles is 1. The summed E-state index contributed by atoms with van der Waals surface area (Å²) in [5.74, 6) is 0.796. The molecule has 0 amide bonds. The zero-order chi connectivity index (χ0) is 15.2. The summed E-state index contributed by atoms with van der Waals surface area (Å²) in [6, 6.07) is 16.0. The molecule has 4 heteroatoms. The molecule has 21 heavy (non-hydrogen) atoms. The minimum Gasteiger partial charge on any atom is -0.497 e. The van der Waals surface area contributed by atoms with E-state index in [4.69, 9.17) is 4.74 Å². The summed E-state index contributed by atoms with van der Waals surface area (Å²) in [4.78, 5) is 1.99. The first kappa shape index (κ1) is 14.9. The number of anilines is 2. The van der Waals surface area contributed by atoms with Crippen LogP contribution in [0.3, 0.4) is 0 Å². The fourth-order valence-electron chi connectivity index (χ4n) is 2.24. The van der Waals surface area contributed by atoms with Gasteiger partial charge in [0.15, 0.2) is 0 Å². The molecule has 0 spiro atoms. The van der Waals surface area contributed by atoms with Gasteiger partial charge in [-0.15, -0.1) is 0 Å². The summed E-state index contributed by atoms with van der Waals surface area (Å²) in [5.41, 5.74) is 3.61. The van der Waals surface area contributed by atoms with Crippen LogP contribution < -0.4 is 15.0 Å². The first-order valence-electron chi connectivity index (χ1n) is 6.75. The second kappa shape index (κ2) is 6.78. The predicted molar refractivity (Wildman–Crippen MR) is 85.0 cm³/mol. The third-order valence-corrected chi connectivity index (χ3v) is 3.36. The van der Waals surface area contributed by atoms with E-state index < -0.39 is 0 Å². The number of rotatable bonds is 5. The minimum atomic E-state index is 0.660. The fourth-order valence-corrected chi connectivity index (χ4v) is 2.24. The molecule has 0 aliphatic carbocycles. The first-order valence-corrected chi connectivity index (χ1v) is 6.75. The van der Waals surface area contributed by atoms with Crippen LogP contribution in [-0.4, -0.2) is 21.2 Å². The van der Waals surface area contributed by atoms with Gasteiger partial charge in [0.25, 0.3) is 0 Å². The molecule has 0 radical (unpaired) electrons. The number of ether oxygens (including phenoxy) is 1. The van der Waals surface area contributed by atoms with E-state index in [2.05, 4.69) is 11.4 Å². The molecule has 1 N–H and O–H groups in total. The lowest BCUT2D eigenvalue weighted by Crippen LogP contribution is -2.12. The Morgan fingerprint density at radius 1 is 1.24 bits per heavy atom. The van der Waals surface area contributed by atoms with Crippen molar-refractivity contribution in [3.05, 3.63) is 53.6 Å². The lowest BCUT2D eigenvalue weighted by atomic mass is 10.1. The van der Waals surface area contributed by atoms with Crippen molar-refractivity contribution in [1.29, 1.82) is 5.26 Å². The average molecular weight is 281 g/mol. The lowest BCUT2D eigenvalue weighted by Gasteiger charge is -2.21. The Balaban J connectivity index is 2.38. The van der Waals surface area contributed by atoms with Gasteiger partial charge >= 0.3 is 0 Å². The van der Waals surface area contributed by atoms with Gasteiger partial charge in [0.05, 0.1) is 18.4 Å². The van der Waals surface area contributed by atoms with Gasteiger partial charge in [0, 0.05) is 25.3 Å². The van der Waals surface area contributed by atoms with E-state index in [1.807, 2.05) is 61.5 Å². The highest BCUT2D eigenvalue weighted by molar-refractivity contribution is 5.70. The Labute approximate surface area is 125 Å². The number of nitrogens with zero attached hydrogens (tertiary/aromatic N) is 2. The van der Waals surface area contributed by atoms with Crippen molar-refractivity contribution in [3.8, 4) is 11.8 Å². The smallest absolute Gasteiger partial charge is 0.120 e.